The molecule has 0 saturated heterocycles. The van der Waals surface area contributed by atoms with Gasteiger partial charge in [0.05, 0.1) is 24.8 Å². The Kier molecular flexibility index (Phi) is 5.15. The van der Waals surface area contributed by atoms with Crippen LogP contribution in [0.25, 0.3) is 0 Å². The van der Waals surface area contributed by atoms with Crippen LogP contribution in [-0.2, 0) is 10.0 Å². The normalized spacial score (nSPS) is 13.8. The van der Waals surface area contributed by atoms with E-state index in [2.05, 4.69) is 5.10 Å². The zero-order valence-electron chi connectivity index (χ0n) is 11.0. The van der Waals surface area contributed by atoms with Gasteiger partial charge in [0.15, 0.2) is 5.75 Å². The van der Waals surface area contributed by atoms with Crippen molar-refractivity contribution in [3.8, 4) is 5.75 Å². The van der Waals surface area contributed by atoms with Gasteiger partial charge in [0.2, 0.25) is 10.0 Å². The molecule has 0 fully saturated rings. The van der Waals surface area contributed by atoms with E-state index in [1.54, 1.807) is 17.1 Å². The van der Waals surface area contributed by atoms with E-state index in [9.17, 15) is 8.42 Å². The van der Waals surface area contributed by atoms with Gasteiger partial charge in [-0.05, 0) is 20.3 Å². The van der Waals surface area contributed by atoms with Crippen molar-refractivity contribution in [2.75, 3.05) is 12.4 Å². The Hall–Kier alpha value is -1.08. The molecule has 0 aliphatic rings. The van der Waals surface area contributed by atoms with Crippen molar-refractivity contribution < 1.29 is 13.2 Å². The van der Waals surface area contributed by atoms with Crippen LogP contribution in [0.2, 0.25) is 0 Å². The highest BCUT2D eigenvalue weighted by Gasteiger charge is 2.15. The molecule has 1 atom stereocenters. The number of hydrogen-bond donors (Lipinski definition) is 1. The fourth-order valence-electron chi connectivity index (χ4n) is 1.50. The molecule has 1 aromatic rings. The molecule has 1 heterocycles. The predicted octanol–water partition coefficient (Wildman–Crippen LogP) is 1.16. The van der Waals surface area contributed by atoms with E-state index in [1.165, 1.54) is 0 Å². The highest BCUT2D eigenvalue weighted by atomic mass is 32.2. The number of hydrogen-bond acceptors (Lipinski definition) is 4. The van der Waals surface area contributed by atoms with Gasteiger partial charge in [-0.2, -0.15) is 5.10 Å². The molecule has 6 nitrogen and oxygen atoms in total. The Morgan fingerprint density at radius 1 is 1.50 bits per heavy atom. The van der Waals surface area contributed by atoms with Crippen LogP contribution in [-0.4, -0.2) is 30.6 Å². The van der Waals surface area contributed by atoms with Crippen molar-refractivity contribution in [1.82, 2.24) is 9.78 Å². The van der Waals surface area contributed by atoms with E-state index < -0.39 is 10.0 Å². The van der Waals surface area contributed by atoms with Crippen molar-refractivity contribution in [3.05, 3.63) is 12.4 Å². The molecule has 18 heavy (non-hydrogen) atoms. The third kappa shape index (κ3) is 5.05. The lowest BCUT2D eigenvalue weighted by Crippen LogP contribution is -2.26. The minimum absolute atomic E-state index is 0.0538. The summed E-state index contributed by atoms with van der Waals surface area (Å²) in [6.07, 6.45) is 4.13. The number of nitrogens with two attached hydrogens (primary N) is 1. The summed E-state index contributed by atoms with van der Waals surface area (Å²) in [6, 6.07) is 0.272. The van der Waals surface area contributed by atoms with E-state index in [0.29, 0.717) is 18.8 Å². The number of ether oxygens (including phenoxy) is 1. The molecule has 0 aliphatic carbocycles. The van der Waals surface area contributed by atoms with E-state index in [1.807, 2.05) is 20.8 Å². The third-order valence-corrected chi connectivity index (χ3v) is 3.57. The summed E-state index contributed by atoms with van der Waals surface area (Å²) < 4.78 is 29.3. The number of rotatable bonds is 7. The Labute approximate surface area is 108 Å². The van der Waals surface area contributed by atoms with Crippen LogP contribution in [0.5, 0.6) is 5.75 Å². The molecule has 0 radical (unpaired) electrons. The predicted molar refractivity (Wildman–Crippen MR) is 69.9 cm³/mol. The lowest BCUT2D eigenvalue weighted by atomic mass is 10.1. The van der Waals surface area contributed by atoms with Crippen LogP contribution in [0.4, 0.5) is 0 Å². The zero-order chi connectivity index (χ0) is 13.8. The molecule has 0 amide bonds. The minimum atomic E-state index is -3.45. The van der Waals surface area contributed by atoms with Crippen LogP contribution < -0.4 is 9.88 Å². The first-order valence-corrected chi connectivity index (χ1v) is 7.70. The number of nitrogens with zero attached hydrogens (tertiary/aromatic N) is 2. The van der Waals surface area contributed by atoms with Gasteiger partial charge in [0.1, 0.15) is 0 Å². The molecule has 0 bridgehead atoms. The Morgan fingerprint density at radius 2 is 2.17 bits per heavy atom. The van der Waals surface area contributed by atoms with Gasteiger partial charge in [-0.3, -0.25) is 4.68 Å². The molecule has 2 N–H and O–H groups in total. The zero-order valence-corrected chi connectivity index (χ0v) is 11.9. The number of primary sulfonamides is 1. The van der Waals surface area contributed by atoms with Gasteiger partial charge >= 0.3 is 0 Å². The molecule has 1 aromatic heterocycles. The van der Waals surface area contributed by atoms with E-state index in [4.69, 9.17) is 9.88 Å². The Bertz CT molecular complexity index is 468. The quantitative estimate of drug-likeness (QED) is 0.808. The van der Waals surface area contributed by atoms with Gasteiger partial charge in [-0.25, -0.2) is 13.6 Å². The van der Waals surface area contributed by atoms with Crippen LogP contribution in [0.3, 0.4) is 0 Å². The van der Waals surface area contributed by atoms with Crippen molar-refractivity contribution in [2.24, 2.45) is 11.1 Å². The largest absolute Gasteiger partial charge is 0.490 e. The molecular weight excluding hydrogens is 254 g/mol. The molecule has 0 spiro atoms. The maximum atomic E-state index is 11.0. The summed E-state index contributed by atoms with van der Waals surface area (Å²) in [5.41, 5.74) is 0. The van der Waals surface area contributed by atoms with E-state index >= 15 is 0 Å². The van der Waals surface area contributed by atoms with E-state index in [-0.39, 0.29) is 17.7 Å². The fourth-order valence-corrected chi connectivity index (χ4v) is 2.49. The van der Waals surface area contributed by atoms with Gasteiger partial charge in [-0.15, -0.1) is 0 Å². The second kappa shape index (κ2) is 6.19. The summed E-state index contributed by atoms with van der Waals surface area (Å²) in [6.45, 7) is 6.28. The lowest BCUT2D eigenvalue weighted by Gasteiger charge is -2.13. The molecule has 0 aliphatic heterocycles. The smallest absolute Gasteiger partial charge is 0.209 e. The highest BCUT2D eigenvalue weighted by molar-refractivity contribution is 7.89. The number of aromatic nitrogens is 2. The van der Waals surface area contributed by atoms with E-state index in [0.717, 1.165) is 0 Å². The topological polar surface area (TPSA) is 87.2 Å². The minimum Gasteiger partial charge on any atom is -0.490 e. The molecule has 1 unspecified atom stereocenters. The van der Waals surface area contributed by atoms with Crippen molar-refractivity contribution >= 4 is 10.0 Å². The van der Waals surface area contributed by atoms with Crippen LogP contribution in [0.1, 0.15) is 33.2 Å². The van der Waals surface area contributed by atoms with Crippen molar-refractivity contribution in [2.45, 2.75) is 33.2 Å². The summed E-state index contributed by atoms with van der Waals surface area (Å²) in [7, 11) is -3.45. The Balaban J connectivity index is 2.52. The molecule has 0 aromatic carbocycles. The monoisotopic (exact) mass is 275 g/mol. The Morgan fingerprint density at radius 3 is 2.61 bits per heavy atom. The first kappa shape index (κ1) is 15.0. The summed E-state index contributed by atoms with van der Waals surface area (Å²) in [5.74, 6) is 0.501. The van der Waals surface area contributed by atoms with Crippen LogP contribution in [0, 0.1) is 5.92 Å². The maximum absolute atomic E-state index is 11.0. The second-order valence-electron chi connectivity index (χ2n) is 4.66. The highest BCUT2D eigenvalue weighted by Crippen LogP contribution is 2.14. The summed E-state index contributed by atoms with van der Waals surface area (Å²) in [4.78, 5) is 0. The van der Waals surface area contributed by atoms with Crippen molar-refractivity contribution in [1.29, 1.82) is 0 Å². The van der Waals surface area contributed by atoms with Gasteiger partial charge in [-0.1, -0.05) is 6.92 Å². The van der Waals surface area contributed by atoms with Gasteiger partial charge in [0.25, 0.3) is 0 Å². The molecule has 1 rings (SSSR count). The average Bonchev–Trinajstić information content (AvgIpc) is 2.71. The van der Waals surface area contributed by atoms with Gasteiger partial charge in [0, 0.05) is 12.0 Å². The van der Waals surface area contributed by atoms with Crippen molar-refractivity contribution in [3.63, 3.8) is 0 Å². The van der Waals surface area contributed by atoms with Gasteiger partial charge < -0.3 is 4.74 Å². The summed E-state index contributed by atoms with van der Waals surface area (Å²) in [5, 5.41) is 9.17. The fraction of sp³-hybridized carbons (Fsp3) is 0.727. The third-order valence-electron chi connectivity index (χ3n) is 2.64. The van der Waals surface area contributed by atoms with Crippen LogP contribution in [0.15, 0.2) is 12.4 Å². The number of sulfonamides is 1. The first-order valence-electron chi connectivity index (χ1n) is 5.99. The second-order valence-corrected chi connectivity index (χ2v) is 6.32. The standard InChI is InChI=1S/C11H21N3O3S/c1-4-10(8-18(12,15)16)7-17-11-5-13-14(6-11)9(2)3/h5-6,9-10H,4,7-8H2,1-3H3,(H2,12,15,16). The average molecular weight is 275 g/mol. The van der Waals surface area contributed by atoms with Crippen LogP contribution >= 0.6 is 0 Å². The molecular formula is C11H21N3O3S. The molecule has 0 saturated carbocycles. The molecule has 7 heteroatoms. The lowest BCUT2D eigenvalue weighted by molar-refractivity contribution is 0.257. The SMILES string of the molecule is CCC(COc1cnn(C(C)C)c1)CS(N)(=O)=O. The summed E-state index contributed by atoms with van der Waals surface area (Å²) >= 11 is 0. The maximum Gasteiger partial charge on any atom is 0.209 e. The molecule has 104 valence electrons. The first-order chi connectivity index (χ1) is 8.31.